The second-order valence-electron chi connectivity index (χ2n) is 7.33. The van der Waals surface area contributed by atoms with Crippen LogP contribution in [0.15, 0.2) is 29.3 Å². The van der Waals surface area contributed by atoms with Crippen molar-refractivity contribution in [3.8, 4) is 5.75 Å². The van der Waals surface area contributed by atoms with E-state index in [0.29, 0.717) is 6.54 Å². The topological polar surface area (TPSA) is 75.1 Å². The van der Waals surface area contributed by atoms with Gasteiger partial charge in [-0.25, -0.2) is 0 Å². The molecule has 0 amide bonds. The molecule has 1 atom stereocenters. The lowest BCUT2D eigenvalue weighted by Gasteiger charge is -2.34. The summed E-state index contributed by atoms with van der Waals surface area (Å²) in [6.07, 6.45) is 3.71. The highest BCUT2D eigenvalue weighted by atomic mass is 32.2. The molecule has 1 aromatic rings. The number of ether oxygens (including phenoxy) is 2. The molecule has 28 heavy (non-hydrogen) atoms. The first-order valence-corrected chi connectivity index (χ1v) is 11.3. The van der Waals surface area contributed by atoms with Crippen LogP contribution in [0.5, 0.6) is 5.75 Å². The minimum Gasteiger partial charge on any atom is -0.491 e. The number of aliphatic imine (C=N–C) groups is 1. The van der Waals surface area contributed by atoms with E-state index in [9.17, 15) is 5.11 Å². The molecule has 1 aliphatic rings. The lowest BCUT2D eigenvalue weighted by molar-refractivity contribution is 0.0794. The number of aliphatic hydroxyl groups is 1. The second-order valence-corrected chi connectivity index (χ2v) is 8.60. The van der Waals surface area contributed by atoms with Crippen LogP contribution < -0.4 is 15.4 Å². The van der Waals surface area contributed by atoms with E-state index in [0.717, 1.165) is 56.4 Å². The molecule has 6 nitrogen and oxygen atoms in total. The Kier molecular flexibility index (Phi) is 9.41. The average Bonchev–Trinajstić information content (AvgIpc) is 2.70. The predicted octanol–water partition coefficient (Wildman–Crippen LogP) is 2.97. The first kappa shape index (κ1) is 22.8. The molecule has 3 N–H and O–H groups in total. The Morgan fingerprint density at radius 1 is 1.25 bits per heavy atom. The van der Waals surface area contributed by atoms with Gasteiger partial charge in [-0.15, -0.1) is 0 Å². The summed E-state index contributed by atoms with van der Waals surface area (Å²) in [7, 11) is 0. The van der Waals surface area contributed by atoms with Gasteiger partial charge < -0.3 is 25.2 Å². The van der Waals surface area contributed by atoms with E-state index in [1.54, 1.807) is 0 Å². The van der Waals surface area contributed by atoms with Gasteiger partial charge in [-0.1, -0.05) is 12.1 Å². The fraction of sp³-hybridized carbons (Fsp3) is 0.667. The van der Waals surface area contributed by atoms with Crippen LogP contribution in [-0.4, -0.2) is 61.0 Å². The van der Waals surface area contributed by atoms with Crippen molar-refractivity contribution in [3.63, 3.8) is 0 Å². The van der Waals surface area contributed by atoms with Crippen molar-refractivity contribution < 1.29 is 14.6 Å². The van der Waals surface area contributed by atoms with E-state index in [4.69, 9.17) is 14.5 Å². The summed E-state index contributed by atoms with van der Waals surface area (Å²) >= 11 is 1.88. The summed E-state index contributed by atoms with van der Waals surface area (Å²) in [6, 6.07) is 7.59. The van der Waals surface area contributed by atoms with Crippen LogP contribution in [0.1, 0.15) is 45.3 Å². The van der Waals surface area contributed by atoms with Crippen LogP contribution in [-0.2, 0) is 4.74 Å². The van der Waals surface area contributed by atoms with Gasteiger partial charge in [0.2, 0.25) is 0 Å². The Labute approximate surface area is 173 Å². The standard InChI is InChI=1S/C21H35N3O3S/c1-5-22-20(24-15-21(28-4)10-12-26-13-11-21)23-14-19(25)17-6-8-18(9-7-17)27-16(2)3/h6-9,16,19,25H,5,10-15H2,1-4H3,(H2,22,23,24). The number of nitrogens with one attached hydrogen (secondary N) is 2. The van der Waals surface area contributed by atoms with Crippen molar-refractivity contribution >= 4 is 17.7 Å². The maximum absolute atomic E-state index is 10.5. The molecule has 1 fully saturated rings. The predicted molar refractivity (Wildman–Crippen MR) is 117 cm³/mol. The molecule has 1 heterocycles. The van der Waals surface area contributed by atoms with E-state index in [1.807, 2.05) is 56.8 Å². The van der Waals surface area contributed by atoms with Gasteiger partial charge in [0.05, 0.1) is 18.8 Å². The fourth-order valence-corrected chi connectivity index (χ4v) is 3.86. The summed E-state index contributed by atoms with van der Waals surface area (Å²) < 4.78 is 11.3. The molecule has 7 heteroatoms. The number of thioether (sulfide) groups is 1. The quantitative estimate of drug-likeness (QED) is 0.430. The smallest absolute Gasteiger partial charge is 0.191 e. The zero-order valence-electron chi connectivity index (χ0n) is 17.5. The third-order valence-electron chi connectivity index (χ3n) is 4.81. The van der Waals surface area contributed by atoms with Gasteiger partial charge in [-0.3, -0.25) is 4.99 Å². The Morgan fingerprint density at radius 2 is 1.93 bits per heavy atom. The Morgan fingerprint density at radius 3 is 2.50 bits per heavy atom. The molecule has 1 saturated heterocycles. The van der Waals surface area contributed by atoms with Crippen molar-refractivity contribution in [1.29, 1.82) is 0 Å². The largest absolute Gasteiger partial charge is 0.491 e. The molecule has 0 saturated carbocycles. The second kappa shape index (κ2) is 11.5. The average molecular weight is 410 g/mol. The van der Waals surface area contributed by atoms with Crippen LogP contribution >= 0.6 is 11.8 Å². The van der Waals surface area contributed by atoms with Gasteiger partial charge in [-0.2, -0.15) is 11.8 Å². The van der Waals surface area contributed by atoms with Gasteiger partial charge in [0, 0.05) is 31.1 Å². The molecular weight excluding hydrogens is 374 g/mol. The normalized spacial score (nSPS) is 18.0. The van der Waals surface area contributed by atoms with Crippen molar-refractivity contribution in [1.82, 2.24) is 10.6 Å². The molecule has 1 unspecified atom stereocenters. The monoisotopic (exact) mass is 409 g/mol. The van der Waals surface area contributed by atoms with Crippen molar-refractivity contribution in [2.45, 2.75) is 50.6 Å². The van der Waals surface area contributed by atoms with Gasteiger partial charge in [0.25, 0.3) is 0 Å². The number of hydrogen-bond acceptors (Lipinski definition) is 5. The maximum atomic E-state index is 10.5. The van der Waals surface area contributed by atoms with Gasteiger partial charge in [0.15, 0.2) is 5.96 Å². The SMILES string of the molecule is CCNC(=NCC1(SC)CCOCC1)NCC(O)c1ccc(OC(C)C)cc1. The van der Waals surface area contributed by atoms with E-state index >= 15 is 0 Å². The molecule has 0 aromatic heterocycles. The molecule has 2 rings (SSSR count). The minimum absolute atomic E-state index is 0.136. The van der Waals surface area contributed by atoms with Crippen LogP contribution in [0, 0.1) is 0 Å². The fourth-order valence-electron chi connectivity index (χ4n) is 3.09. The summed E-state index contributed by atoms with van der Waals surface area (Å²) in [5.41, 5.74) is 0.851. The lowest BCUT2D eigenvalue weighted by atomic mass is 9.99. The summed E-state index contributed by atoms with van der Waals surface area (Å²) in [4.78, 5) is 4.78. The van der Waals surface area contributed by atoms with Gasteiger partial charge >= 0.3 is 0 Å². The Balaban J connectivity index is 1.92. The van der Waals surface area contributed by atoms with Crippen LogP contribution in [0.4, 0.5) is 0 Å². The molecule has 0 spiro atoms. The Bertz CT molecular complexity index is 601. The number of hydrogen-bond donors (Lipinski definition) is 3. The van der Waals surface area contributed by atoms with Crippen LogP contribution in [0.3, 0.4) is 0 Å². The van der Waals surface area contributed by atoms with Crippen molar-refractivity contribution in [2.24, 2.45) is 4.99 Å². The molecule has 158 valence electrons. The highest BCUT2D eigenvalue weighted by Gasteiger charge is 2.31. The highest BCUT2D eigenvalue weighted by molar-refractivity contribution is 8.00. The summed E-state index contributed by atoms with van der Waals surface area (Å²) in [5.74, 6) is 1.55. The van der Waals surface area contributed by atoms with Crippen LogP contribution in [0.2, 0.25) is 0 Å². The number of guanidine groups is 1. The molecule has 0 radical (unpaired) electrons. The molecular formula is C21H35N3O3S. The number of rotatable bonds is 9. The van der Waals surface area contributed by atoms with E-state index in [2.05, 4.69) is 16.9 Å². The lowest BCUT2D eigenvalue weighted by Crippen LogP contribution is -2.42. The molecule has 0 aliphatic carbocycles. The van der Waals surface area contributed by atoms with Crippen molar-refractivity contribution in [2.75, 3.05) is 39.1 Å². The first-order chi connectivity index (χ1) is 13.5. The molecule has 1 aliphatic heterocycles. The van der Waals surface area contributed by atoms with Crippen molar-refractivity contribution in [3.05, 3.63) is 29.8 Å². The zero-order valence-corrected chi connectivity index (χ0v) is 18.3. The van der Waals surface area contributed by atoms with E-state index < -0.39 is 6.10 Å². The summed E-state index contributed by atoms with van der Waals surface area (Å²) in [5, 5.41) is 17.0. The third kappa shape index (κ3) is 7.18. The van der Waals surface area contributed by atoms with E-state index in [-0.39, 0.29) is 10.9 Å². The Hall–Kier alpha value is -1.44. The zero-order chi connectivity index (χ0) is 20.4. The summed E-state index contributed by atoms with van der Waals surface area (Å²) in [6.45, 7) is 9.55. The first-order valence-electron chi connectivity index (χ1n) is 10.1. The van der Waals surface area contributed by atoms with Gasteiger partial charge in [-0.05, 0) is 57.6 Å². The maximum Gasteiger partial charge on any atom is 0.191 e. The number of nitrogens with zero attached hydrogens (tertiary/aromatic N) is 1. The van der Waals surface area contributed by atoms with E-state index in [1.165, 1.54) is 0 Å². The molecule has 0 bridgehead atoms. The van der Waals surface area contributed by atoms with Crippen LogP contribution in [0.25, 0.3) is 0 Å². The molecule has 1 aromatic carbocycles. The third-order valence-corrected chi connectivity index (χ3v) is 6.21. The minimum atomic E-state index is -0.616. The number of aliphatic hydroxyl groups excluding tert-OH is 1. The highest BCUT2D eigenvalue weighted by Crippen LogP contribution is 2.34. The van der Waals surface area contributed by atoms with Gasteiger partial charge in [0.1, 0.15) is 5.75 Å². The number of benzene rings is 1.